The molecule has 0 fully saturated rings. The molecular formula is C14H17ClN2O2. The maximum Gasteiger partial charge on any atom is 0.123 e. The van der Waals surface area contributed by atoms with E-state index in [0.717, 1.165) is 22.6 Å². The maximum atomic E-state index is 9.65. The highest BCUT2D eigenvalue weighted by Crippen LogP contribution is 2.25. The van der Waals surface area contributed by atoms with E-state index in [0.29, 0.717) is 11.6 Å². The molecule has 0 saturated carbocycles. The molecule has 102 valence electrons. The summed E-state index contributed by atoms with van der Waals surface area (Å²) < 4.78 is 7.15. The number of hydrogen-bond acceptors (Lipinski definition) is 3. The zero-order valence-electron chi connectivity index (χ0n) is 11.2. The molecule has 1 unspecified atom stereocenters. The second-order valence-electron chi connectivity index (χ2n) is 4.48. The van der Waals surface area contributed by atoms with Crippen molar-refractivity contribution in [3.05, 3.63) is 46.2 Å². The summed E-state index contributed by atoms with van der Waals surface area (Å²) in [6.45, 7) is 4.21. The molecule has 2 rings (SSSR count). The minimum Gasteiger partial charge on any atom is -0.496 e. The number of methoxy groups -OCH3 is 1. The van der Waals surface area contributed by atoms with Crippen LogP contribution in [-0.2, 0) is 6.54 Å². The van der Waals surface area contributed by atoms with Crippen LogP contribution in [0.2, 0.25) is 5.02 Å². The van der Waals surface area contributed by atoms with Crippen LogP contribution in [0.3, 0.4) is 0 Å². The third-order valence-corrected chi connectivity index (χ3v) is 3.52. The van der Waals surface area contributed by atoms with Gasteiger partial charge in [-0.05, 0) is 31.5 Å². The molecule has 0 bridgehead atoms. The number of aliphatic hydroxyl groups excluding tert-OH is 1. The Morgan fingerprint density at radius 1 is 1.47 bits per heavy atom. The van der Waals surface area contributed by atoms with Crippen LogP contribution in [0.1, 0.15) is 29.8 Å². The van der Waals surface area contributed by atoms with Crippen LogP contribution in [0, 0.1) is 6.92 Å². The number of aliphatic hydroxyl groups is 1. The van der Waals surface area contributed by atoms with Crippen LogP contribution in [0.25, 0.3) is 0 Å². The van der Waals surface area contributed by atoms with Crippen LogP contribution < -0.4 is 4.74 Å². The summed E-state index contributed by atoms with van der Waals surface area (Å²) in [6, 6.07) is 5.65. The molecule has 1 N–H and O–H groups in total. The first kappa shape index (κ1) is 13.9. The molecule has 0 amide bonds. The smallest absolute Gasteiger partial charge is 0.123 e. The Kier molecular flexibility index (Phi) is 4.12. The van der Waals surface area contributed by atoms with Crippen molar-refractivity contribution in [3.8, 4) is 5.75 Å². The molecule has 5 heteroatoms. The Labute approximate surface area is 117 Å². The lowest BCUT2D eigenvalue weighted by Gasteiger charge is -2.13. The highest BCUT2D eigenvalue weighted by Gasteiger charge is 2.11. The van der Waals surface area contributed by atoms with Gasteiger partial charge in [-0.1, -0.05) is 17.7 Å². The summed E-state index contributed by atoms with van der Waals surface area (Å²) in [4.78, 5) is 0. The lowest BCUT2D eigenvalue weighted by atomic mass is 10.1. The summed E-state index contributed by atoms with van der Waals surface area (Å²) in [5.41, 5.74) is 2.72. The molecular weight excluding hydrogens is 264 g/mol. The van der Waals surface area contributed by atoms with Crippen molar-refractivity contribution in [2.24, 2.45) is 0 Å². The number of aromatic nitrogens is 2. The third kappa shape index (κ3) is 2.91. The molecule has 2 aromatic rings. The SMILES string of the molecule is COc1ccc(C(C)O)cc1Cn1ncc(Cl)c1C. The Morgan fingerprint density at radius 3 is 2.74 bits per heavy atom. The standard InChI is InChI=1S/C14H17ClN2O2/c1-9-13(15)7-16-17(9)8-12-6-11(10(2)18)4-5-14(12)19-3/h4-7,10,18H,8H2,1-3H3. The van der Waals surface area contributed by atoms with Gasteiger partial charge >= 0.3 is 0 Å². The predicted octanol–water partition coefficient (Wildman–Crippen LogP) is 2.96. The predicted molar refractivity (Wildman–Crippen MR) is 74.7 cm³/mol. The second kappa shape index (κ2) is 5.63. The number of benzene rings is 1. The number of ether oxygens (including phenoxy) is 1. The normalized spacial score (nSPS) is 12.5. The zero-order chi connectivity index (χ0) is 14.0. The summed E-state index contributed by atoms with van der Waals surface area (Å²) in [7, 11) is 1.63. The van der Waals surface area contributed by atoms with Gasteiger partial charge in [-0.25, -0.2) is 0 Å². The average molecular weight is 281 g/mol. The van der Waals surface area contributed by atoms with E-state index in [4.69, 9.17) is 16.3 Å². The monoisotopic (exact) mass is 280 g/mol. The molecule has 0 aliphatic carbocycles. The summed E-state index contributed by atoms with van der Waals surface area (Å²) in [5, 5.41) is 14.5. The van der Waals surface area contributed by atoms with E-state index in [1.807, 2.05) is 29.8 Å². The lowest BCUT2D eigenvalue weighted by Crippen LogP contribution is -2.06. The Morgan fingerprint density at radius 2 is 2.21 bits per heavy atom. The first-order valence-corrected chi connectivity index (χ1v) is 6.43. The van der Waals surface area contributed by atoms with Gasteiger partial charge in [-0.2, -0.15) is 5.10 Å². The van der Waals surface area contributed by atoms with E-state index in [9.17, 15) is 5.11 Å². The van der Waals surface area contributed by atoms with Crippen molar-refractivity contribution in [1.82, 2.24) is 9.78 Å². The summed E-state index contributed by atoms with van der Waals surface area (Å²) in [6.07, 6.45) is 1.12. The van der Waals surface area contributed by atoms with Crippen molar-refractivity contribution in [3.63, 3.8) is 0 Å². The van der Waals surface area contributed by atoms with Crippen LogP contribution in [0.5, 0.6) is 5.75 Å². The summed E-state index contributed by atoms with van der Waals surface area (Å²) >= 11 is 6.00. The van der Waals surface area contributed by atoms with Gasteiger partial charge in [-0.3, -0.25) is 4.68 Å². The Hall–Kier alpha value is -1.52. The molecule has 4 nitrogen and oxygen atoms in total. The third-order valence-electron chi connectivity index (χ3n) is 3.15. The minimum atomic E-state index is -0.507. The van der Waals surface area contributed by atoms with Gasteiger partial charge in [0.05, 0.1) is 36.7 Å². The summed E-state index contributed by atoms with van der Waals surface area (Å²) in [5.74, 6) is 0.774. The number of rotatable bonds is 4. The van der Waals surface area contributed by atoms with Crippen molar-refractivity contribution >= 4 is 11.6 Å². The molecule has 0 aliphatic rings. The molecule has 1 atom stereocenters. The van der Waals surface area contributed by atoms with Crippen LogP contribution in [0.4, 0.5) is 0 Å². The van der Waals surface area contributed by atoms with E-state index >= 15 is 0 Å². The largest absolute Gasteiger partial charge is 0.496 e. The van der Waals surface area contributed by atoms with Crippen LogP contribution in [-0.4, -0.2) is 22.0 Å². The van der Waals surface area contributed by atoms with Gasteiger partial charge in [0.25, 0.3) is 0 Å². The molecule has 1 heterocycles. The fraction of sp³-hybridized carbons (Fsp3) is 0.357. The zero-order valence-corrected chi connectivity index (χ0v) is 12.0. The highest BCUT2D eigenvalue weighted by atomic mass is 35.5. The van der Waals surface area contributed by atoms with E-state index in [1.165, 1.54) is 0 Å². The number of nitrogens with zero attached hydrogens (tertiary/aromatic N) is 2. The number of hydrogen-bond donors (Lipinski definition) is 1. The maximum absolute atomic E-state index is 9.65. The van der Waals surface area contributed by atoms with Gasteiger partial charge in [0.15, 0.2) is 0 Å². The first-order valence-electron chi connectivity index (χ1n) is 6.05. The fourth-order valence-electron chi connectivity index (χ4n) is 1.93. The molecule has 0 spiro atoms. The quantitative estimate of drug-likeness (QED) is 0.937. The molecule has 1 aromatic carbocycles. The lowest BCUT2D eigenvalue weighted by molar-refractivity contribution is 0.199. The van der Waals surface area contributed by atoms with Gasteiger partial charge in [-0.15, -0.1) is 0 Å². The van der Waals surface area contributed by atoms with Crippen molar-refractivity contribution in [2.75, 3.05) is 7.11 Å². The minimum absolute atomic E-state index is 0.507. The molecule has 0 radical (unpaired) electrons. The van der Waals surface area contributed by atoms with Crippen molar-refractivity contribution in [2.45, 2.75) is 26.5 Å². The van der Waals surface area contributed by atoms with Gasteiger partial charge < -0.3 is 9.84 Å². The number of halogens is 1. The van der Waals surface area contributed by atoms with Crippen LogP contribution >= 0.6 is 11.6 Å². The van der Waals surface area contributed by atoms with Gasteiger partial charge in [0.1, 0.15) is 5.75 Å². The van der Waals surface area contributed by atoms with Gasteiger partial charge in [0, 0.05) is 5.56 Å². The fourth-order valence-corrected chi connectivity index (χ4v) is 2.07. The Balaban J connectivity index is 2.37. The van der Waals surface area contributed by atoms with E-state index in [2.05, 4.69) is 5.10 Å². The second-order valence-corrected chi connectivity index (χ2v) is 4.89. The Bertz CT molecular complexity index is 579. The first-order chi connectivity index (χ1) is 9.02. The average Bonchev–Trinajstić information content (AvgIpc) is 2.70. The van der Waals surface area contributed by atoms with Crippen molar-refractivity contribution in [1.29, 1.82) is 0 Å². The van der Waals surface area contributed by atoms with Crippen molar-refractivity contribution < 1.29 is 9.84 Å². The van der Waals surface area contributed by atoms with Crippen LogP contribution in [0.15, 0.2) is 24.4 Å². The van der Waals surface area contributed by atoms with Gasteiger partial charge in [0.2, 0.25) is 0 Å². The molecule has 1 aromatic heterocycles. The van der Waals surface area contributed by atoms with E-state index < -0.39 is 6.10 Å². The topological polar surface area (TPSA) is 47.3 Å². The molecule has 0 aliphatic heterocycles. The highest BCUT2D eigenvalue weighted by molar-refractivity contribution is 6.31. The molecule has 0 saturated heterocycles. The van der Waals surface area contributed by atoms with E-state index in [1.54, 1.807) is 20.2 Å². The molecule has 19 heavy (non-hydrogen) atoms. The van der Waals surface area contributed by atoms with E-state index in [-0.39, 0.29) is 0 Å².